The van der Waals surface area contributed by atoms with Gasteiger partial charge in [-0.05, 0) is 31.5 Å². The van der Waals surface area contributed by atoms with Gasteiger partial charge in [0.15, 0.2) is 0 Å². The molecule has 4 nitrogen and oxygen atoms in total. The van der Waals surface area contributed by atoms with Gasteiger partial charge < -0.3 is 15.6 Å². The first-order valence-electron chi connectivity index (χ1n) is 6.40. The van der Waals surface area contributed by atoms with Crippen molar-refractivity contribution in [3.63, 3.8) is 0 Å². The van der Waals surface area contributed by atoms with Crippen molar-refractivity contribution in [1.82, 2.24) is 4.90 Å². The van der Waals surface area contributed by atoms with E-state index >= 15 is 0 Å². The Bertz CT molecular complexity index is 325. The molecule has 0 atom stereocenters. The molecule has 1 aromatic rings. The first-order chi connectivity index (χ1) is 8.63. The number of anilines is 1. The van der Waals surface area contributed by atoms with Crippen molar-refractivity contribution < 1.29 is 9.84 Å². The van der Waals surface area contributed by atoms with Gasteiger partial charge in [0.05, 0.1) is 19.8 Å². The van der Waals surface area contributed by atoms with Crippen LogP contribution in [0.25, 0.3) is 0 Å². The maximum Gasteiger partial charge on any atom is 0.0698 e. The molecule has 0 unspecified atom stereocenters. The van der Waals surface area contributed by atoms with E-state index in [9.17, 15) is 0 Å². The molecular formula is C14H24N2O2. The van der Waals surface area contributed by atoms with E-state index in [1.807, 2.05) is 12.1 Å². The van der Waals surface area contributed by atoms with Crippen LogP contribution in [0.15, 0.2) is 24.3 Å². The maximum atomic E-state index is 8.65. The van der Waals surface area contributed by atoms with Crippen LogP contribution in [-0.2, 0) is 11.3 Å². The normalized spacial score (nSPS) is 11.4. The third-order valence-corrected chi connectivity index (χ3v) is 2.85. The number of aliphatic hydroxyl groups is 1. The number of nitrogen functional groups attached to an aromatic ring is 1. The minimum absolute atomic E-state index is 0.0830. The highest BCUT2D eigenvalue weighted by Crippen LogP contribution is 2.10. The lowest BCUT2D eigenvalue weighted by Gasteiger charge is -2.26. The number of rotatable bonds is 8. The first kappa shape index (κ1) is 15.0. The summed E-state index contributed by atoms with van der Waals surface area (Å²) in [5.41, 5.74) is 7.72. The molecule has 0 aliphatic carbocycles. The summed E-state index contributed by atoms with van der Waals surface area (Å²) < 4.78 is 5.31. The SMILES string of the molecule is CC(C)N(CCOCCO)Cc1ccc(N)cc1. The van der Waals surface area contributed by atoms with Crippen LogP contribution in [0.3, 0.4) is 0 Å². The molecule has 18 heavy (non-hydrogen) atoms. The molecule has 4 heteroatoms. The lowest BCUT2D eigenvalue weighted by atomic mass is 10.1. The molecule has 0 bridgehead atoms. The minimum atomic E-state index is 0.0830. The van der Waals surface area contributed by atoms with Gasteiger partial charge in [0.25, 0.3) is 0 Å². The van der Waals surface area contributed by atoms with Crippen molar-refractivity contribution in [2.24, 2.45) is 0 Å². The number of nitrogens with two attached hydrogens (primary N) is 1. The molecule has 0 heterocycles. The third kappa shape index (κ3) is 5.49. The fraction of sp³-hybridized carbons (Fsp3) is 0.571. The zero-order valence-electron chi connectivity index (χ0n) is 11.3. The van der Waals surface area contributed by atoms with Crippen LogP contribution in [0, 0.1) is 0 Å². The molecule has 0 saturated heterocycles. The minimum Gasteiger partial charge on any atom is -0.399 e. The predicted molar refractivity (Wildman–Crippen MR) is 74.3 cm³/mol. The molecule has 1 rings (SSSR count). The molecule has 0 amide bonds. The molecule has 0 fully saturated rings. The standard InChI is InChI=1S/C14H24N2O2/c1-12(2)16(7-9-18-10-8-17)11-13-3-5-14(15)6-4-13/h3-6,12,17H,7-11,15H2,1-2H3. The maximum absolute atomic E-state index is 8.65. The summed E-state index contributed by atoms with van der Waals surface area (Å²) in [6.07, 6.45) is 0. The Kier molecular flexibility index (Phi) is 6.72. The van der Waals surface area contributed by atoms with E-state index in [2.05, 4.69) is 30.9 Å². The second-order valence-electron chi connectivity index (χ2n) is 4.64. The second kappa shape index (κ2) is 8.08. The van der Waals surface area contributed by atoms with Crippen molar-refractivity contribution in [3.05, 3.63) is 29.8 Å². The lowest BCUT2D eigenvalue weighted by Crippen LogP contribution is -2.33. The molecule has 1 aromatic carbocycles. The Balaban J connectivity index is 2.44. The molecule has 0 radical (unpaired) electrons. The zero-order chi connectivity index (χ0) is 13.4. The monoisotopic (exact) mass is 252 g/mol. The summed E-state index contributed by atoms with van der Waals surface area (Å²) >= 11 is 0. The van der Waals surface area contributed by atoms with E-state index in [-0.39, 0.29) is 6.61 Å². The Labute approximate surface area is 109 Å². The van der Waals surface area contributed by atoms with Gasteiger partial charge in [0.1, 0.15) is 0 Å². The molecule has 0 spiro atoms. The van der Waals surface area contributed by atoms with Crippen LogP contribution < -0.4 is 5.73 Å². The van der Waals surface area contributed by atoms with Crippen LogP contribution in [0.2, 0.25) is 0 Å². The Morgan fingerprint density at radius 3 is 2.44 bits per heavy atom. The molecule has 0 saturated carbocycles. The Morgan fingerprint density at radius 1 is 1.22 bits per heavy atom. The fourth-order valence-corrected chi connectivity index (χ4v) is 1.73. The van der Waals surface area contributed by atoms with E-state index in [4.69, 9.17) is 15.6 Å². The topological polar surface area (TPSA) is 58.7 Å². The molecular weight excluding hydrogens is 228 g/mol. The van der Waals surface area contributed by atoms with Gasteiger partial charge in [-0.3, -0.25) is 4.90 Å². The zero-order valence-corrected chi connectivity index (χ0v) is 11.3. The summed E-state index contributed by atoms with van der Waals surface area (Å²) in [5, 5.41) is 8.65. The van der Waals surface area contributed by atoms with Crippen molar-refractivity contribution >= 4 is 5.69 Å². The average molecular weight is 252 g/mol. The lowest BCUT2D eigenvalue weighted by molar-refractivity contribution is 0.0647. The highest BCUT2D eigenvalue weighted by Gasteiger charge is 2.09. The number of ether oxygens (including phenoxy) is 1. The van der Waals surface area contributed by atoms with Crippen molar-refractivity contribution in [3.8, 4) is 0 Å². The quantitative estimate of drug-likeness (QED) is 0.543. The number of nitrogens with zero attached hydrogens (tertiary/aromatic N) is 1. The van der Waals surface area contributed by atoms with E-state index in [1.165, 1.54) is 5.56 Å². The second-order valence-corrected chi connectivity index (χ2v) is 4.64. The van der Waals surface area contributed by atoms with Crippen LogP contribution in [0.4, 0.5) is 5.69 Å². The number of hydrogen-bond acceptors (Lipinski definition) is 4. The highest BCUT2D eigenvalue weighted by molar-refractivity contribution is 5.39. The van der Waals surface area contributed by atoms with Gasteiger partial charge >= 0.3 is 0 Å². The van der Waals surface area contributed by atoms with Gasteiger partial charge in [-0.25, -0.2) is 0 Å². The average Bonchev–Trinajstić information content (AvgIpc) is 2.35. The molecule has 0 aliphatic rings. The number of hydrogen-bond donors (Lipinski definition) is 2. The first-order valence-corrected chi connectivity index (χ1v) is 6.40. The molecule has 0 aliphatic heterocycles. The van der Waals surface area contributed by atoms with Crippen LogP contribution >= 0.6 is 0 Å². The smallest absolute Gasteiger partial charge is 0.0698 e. The highest BCUT2D eigenvalue weighted by atomic mass is 16.5. The summed E-state index contributed by atoms with van der Waals surface area (Å²) in [5.74, 6) is 0. The van der Waals surface area contributed by atoms with Crippen molar-refractivity contribution in [1.29, 1.82) is 0 Å². The molecule has 3 N–H and O–H groups in total. The van der Waals surface area contributed by atoms with Gasteiger partial charge in [-0.15, -0.1) is 0 Å². The predicted octanol–water partition coefficient (Wildman–Crippen LogP) is 1.49. The Hall–Kier alpha value is -1.10. The van der Waals surface area contributed by atoms with Gasteiger partial charge in [-0.1, -0.05) is 12.1 Å². The van der Waals surface area contributed by atoms with Crippen molar-refractivity contribution in [2.45, 2.75) is 26.4 Å². The summed E-state index contributed by atoms with van der Waals surface area (Å²) in [4.78, 5) is 2.34. The third-order valence-electron chi connectivity index (χ3n) is 2.85. The van der Waals surface area contributed by atoms with E-state index in [1.54, 1.807) is 0 Å². The van der Waals surface area contributed by atoms with E-state index < -0.39 is 0 Å². The molecule has 102 valence electrons. The summed E-state index contributed by atoms with van der Waals surface area (Å²) in [6, 6.07) is 8.42. The van der Waals surface area contributed by atoms with Crippen LogP contribution in [0.5, 0.6) is 0 Å². The number of aliphatic hydroxyl groups excluding tert-OH is 1. The molecule has 0 aromatic heterocycles. The van der Waals surface area contributed by atoms with E-state index in [0.717, 1.165) is 18.8 Å². The number of benzene rings is 1. The summed E-state index contributed by atoms with van der Waals surface area (Å²) in [6.45, 7) is 7.23. The van der Waals surface area contributed by atoms with Gasteiger partial charge in [-0.2, -0.15) is 0 Å². The van der Waals surface area contributed by atoms with Crippen LogP contribution in [-0.4, -0.2) is 42.4 Å². The van der Waals surface area contributed by atoms with E-state index in [0.29, 0.717) is 19.3 Å². The van der Waals surface area contributed by atoms with Crippen molar-refractivity contribution in [2.75, 3.05) is 32.1 Å². The Morgan fingerprint density at radius 2 is 1.89 bits per heavy atom. The fourth-order valence-electron chi connectivity index (χ4n) is 1.73. The van der Waals surface area contributed by atoms with Crippen LogP contribution in [0.1, 0.15) is 19.4 Å². The van der Waals surface area contributed by atoms with Gasteiger partial charge in [0.2, 0.25) is 0 Å². The van der Waals surface area contributed by atoms with Gasteiger partial charge in [0, 0.05) is 24.8 Å². The summed E-state index contributed by atoms with van der Waals surface area (Å²) in [7, 11) is 0. The largest absolute Gasteiger partial charge is 0.399 e.